The maximum absolute atomic E-state index is 2.68. The Morgan fingerprint density at radius 1 is 0.455 bits per heavy atom. The van der Waals surface area contributed by atoms with Crippen molar-refractivity contribution in [3.05, 3.63) is 0 Å². The Kier molecular flexibility index (Phi) is 7.49. The van der Waals surface area contributed by atoms with Crippen molar-refractivity contribution in [2.24, 2.45) is 0 Å². The minimum atomic E-state index is -1.12. The van der Waals surface area contributed by atoms with Gasteiger partial charge in [-0.1, -0.05) is 92.4 Å². The number of rotatable bonds is 7. The first-order valence-electron chi connectivity index (χ1n) is 9.18. The van der Waals surface area contributed by atoms with Crippen molar-refractivity contribution in [2.75, 3.05) is 0 Å². The lowest BCUT2D eigenvalue weighted by Crippen LogP contribution is -2.62. The summed E-state index contributed by atoms with van der Waals surface area (Å²) in [7, 11) is -4.79. The van der Waals surface area contributed by atoms with Crippen LogP contribution in [0, 0.1) is 0 Å². The van der Waals surface area contributed by atoms with E-state index in [1.165, 1.54) is 0 Å². The van der Waals surface area contributed by atoms with Gasteiger partial charge in [0.15, 0.2) is 0 Å². The first-order chi connectivity index (χ1) is 9.31. The molecule has 0 aliphatic heterocycles. The lowest BCUT2D eigenvalue weighted by Gasteiger charge is -2.64. The van der Waals surface area contributed by atoms with Gasteiger partial charge in [-0.2, -0.15) is 15.1 Å². The predicted molar refractivity (Wildman–Crippen MR) is 122 cm³/mol. The van der Waals surface area contributed by atoms with Crippen LogP contribution in [0.4, 0.5) is 0 Å². The van der Waals surface area contributed by atoms with Crippen molar-refractivity contribution in [1.82, 2.24) is 0 Å². The molecule has 0 atom stereocenters. The molecule has 134 valence electrons. The molecule has 0 nitrogen and oxygen atoms in total. The molecule has 22 heavy (non-hydrogen) atoms. The highest BCUT2D eigenvalue weighted by Gasteiger charge is 2.43. The SMILES string of the molecule is CC(C)[Si-](C([Si](C)(C)C)[Si](C)(C)C)C([Si](C)(C)C)[Si](C)(C)C. The van der Waals surface area contributed by atoms with E-state index in [2.05, 4.69) is 92.4 Å². The van der Waals surface area contributed by atoms with Gasteiger partial charge in [-0.05, 0) is 0 Å². The van der Waals surface area contributed by atoms with E-state index >= 15 is 0 Å². The molecule has 0 bridgehead atoms. The number of hydrogen-bond donors (Lipinski definition) is 0. The quantitative estimate of drug-likeness (QED) is 0.406. The third-order valence-corrected chi connectivity index (χ3v) is 39.2. The molecule has 0 N–H and O–H groups in total. The molecule has 0 spiro atoms. The minimum absolute atomic E-state index is 0.321. The van der Waals surface area contributed by atoms with E-state index in [1.54, 1.807) is 0 Å². The topological polar surface area (TPSA) is 0 Å². The van der Waals surface area contributed by atoms with Gasteiger partial charge in [0.2, 0.25) is 0 Å². The Labute approximate surface area is 148 Å². The number of hydrogen-bond acceptors (Lipinski definition) is 0. The third-order valence-electron chi connectivity index (χ3n) is 4.80. The van der Waals surface area contributed by atoms with Gasteiger partial charge in [0.25, 0.3) is 0 Å². The second kappa shape index (κ2) is 7.14. The van der Waals surface area contributed by atoms with Crippen LogP contribution < -0.4 is 0 Å². The molecule has 0 saturated heterocycles. The van der Waals surface area contributed by atoms with Crippen LogP contribution >= 0.6 is 0 Å². The van der Waals surface area contributed by atoms with E-state index in [-0.39, 0.29) is 8.80 Å². The van der Waals surface area contributed by atoms with Crippen LogP contribution in [0.25, 0.3) is 0 Å². The molecule has 0 unspecified atom stereocenters. The van der Waals surface area contributed by atoms with Crippen LogP contribution in [0.1, 0.15) is 13.8 Å². The summed E-state index contributed by atoms with van der Waals surface area (Å²) in [5.74, 6) is 0. The fourth-order valence-corrected chi connectivity index (χ4v) is 51.9. The van der Waals surface area contributed by atoms with Crippen molar-refractivity contribution in [2.45, 2.75) is 108 Å². The van der Waals surface area contributed by atoms with Crippen molar-refractivity contribution in [3.8, 4) is 0 Å². The summed E-state index contributed by atoms with van der Waals surface area (Å²) in [5.41, 5.74) is 0.942. The van der Waals surface area contributed by atoms with Crippen LogP contribution in [-0.2, 0) is 0 Å². The molecule has 0 fully saturated rings. The summed E-state index contributed by atoms with van der Waals surface area (Å²) in [6, 6.07) is 0. The zero-order valence-electron chi connectivity index (χ0n) is 18.2. The van der Waals surface area contributed by atoms with E-state index in [1.807, 2.05) is 0 Å². The highest BCUT2D eigenvalue weighted by molar-refractivity contribution is 7.17. The Hall–Kier alpha value is 1.08. The molecule has 0 aromatic heterocycles. The molecular weight excluding hydrogens is 345 g/mol. The lowest BCUT2D eigenvalue weighted by molar-refractivity contribution is 1.00. The highest BCUT2D eigenvalue weighted by Crippen LogP contribution is 2.48. The molecule has 0 aliphatic carbocycles. The van der Waals surface area contributed by atoms with Crippen LogP contribution in [0.5, 0.6) is 0 Å². The Morgan fingerprint density at radius 3 is 0.727 bits per heavy atom. The van der Waals surface area contributed by atoms with Gasteiger partial charge < -0.3 is 0 Å². The van der Waals surface area contributed by atoms with E-state index in [4.69, 9.17) is 0 Å². The van der Waals surface area contributed by atoms with Crippen LogP contribution in [-0.4, -0.2) is 41.1 Å². The Morgan fingerprint density at radius 2 is 0.636 bits per heavy atom. The van der Waals surface area contributed by atoms with E-state index in [9.17, 15) is 0 Å². The smallest absolute Gasteiger partial charge is 0.0121 e. The van der Waals surface area contributed by atoms with E-state index in [0.29, 0.717) is 0 Å². The zero-order chi connectivity index (χ0) is 18.3. The molecule has 0 radical (unpaired) electrons. The van der Waals surface area contributed by atoms with Crippen LogP contribution in [0.2, 0.25) is 93.7 Å². The molecule has 0 aromatic carbocycles. The van der Waals surface area contributed by atoms with Gasteiger partial charge in [0.1, 0.15) is 0 Å². The Balaban J connectivity index is 6.28. The second-order valence-electron chi connectivity index (χ2n) is 12.0. The summed E-state index contributed by atoms with van der Waals surface area (Å²) in [5, 5.41) is 0. The third kappa shape index (κ3) is 6.18. The first kappa shape index (κ1) is 23.1. The standard InChI is InChI=1S/C17H45Si5/c1-15(2)18(16(19(3,4)5)20(6,7)8)17(21(9,10)11)22(12,13)14/h15-17H,1-14H3/q-1. The zero-order valence-corrected chi connectivity index (χ0v) is 23.2. The fraction of sp³-hybridized carbons (Fsp3) is 1.00. The van der Waals surface area contributed by atoms with Gasteiger partial charge in [-0.3, -0.25) is 8.80 Å². The molecule has 0 heterocycles. The van der Waals surface area contributed by atoms with E-state index in [0.717, 1.165) is 15.1 Å². The molecule has 0 amide bonds. The average Bonchev–Trinajstić information content (AvgIpc) is 2.06. The molecule has 0 aliphatic rings. The second-order valence-corrected chi connectivity index (χ2v) is 40.0. The largest absolute Gasteiger partial charge is 0.262 e. The van der Waals surface area contributed by atoms with Gasteiger partial charge >= 0.3 is 0 Å². The van der Waals surface area contributed by atoms with E-state index < -0.39 is 32.3 Å². The maximum Gasteiger partial charge on any atom is 0.0121 e. The Bertz CT molecular complexity index is 289. The fourth-order valence-electron chi connectivity index (χ4n) is 5.43. The molecule has 0 rings (SSSR count). The summed E-state index contributed by atoms with van der Waals surface area (Å²) in [6.45, 7) is 37.3. The first-order valence-corrected chi connectivity index (χ1v) is 25.2. The summed E-state index contributed by atoms with van der Waals surface area (Å²) in [4.78, 5) is 2.29. The summed E-state index contributed by atoms with van der Waals surface area (Å²) in [6.07, 6.45) is 0. The van der Waals surface area contributed by atoms with Gasteiger partial charge in [0.05, 0.1) is 0 Å². The van der Waals surface area contributed by atoms with Gasteiger partial charge in [-0.25, -0.2) is 0 Å². The van der Waals surface area contributed by atoms with Crippen molar-refractivity contribution in [1.29, 1.82) is 0 Å². The molecule has 0 saturated carbocycles. The molecule has 0 aromatic rings. The monoisotopic (exact) mass is 389 g/mol. The lowest BCUT2D eigenvalue weighted by atomic mass is 10.6. The van der Waals surface area contributed by atoms with Gasteiger partial charge in [-0.15, -0.1) is 0 Å². The van der Waals surface area contributed by atoms with Crippen LogP contribution in [0.15, 0.2) is 0 Å². The van der Waals surface area contributed by atoms with Crippen molar-refractivity contribution >= 4 is 41.1 Å². The normalized spacial score (nSPS) is 15.5. The average molecular weight is 390 g/mol. The van der Waals surface area contributed by atoms with Crippen LogP contribution in [0.3, 0.4) is 0 Å². The maximum atomic E-state index is 2.68. The molecular formula is C17H45Si5-. The molecule has 5 heteroatoms. The highest BCUT2D eigenvalue weighted by atomic mass is 28.5. The van der Waals surface area contributed by atoms with Gasteiger partial charge in [0, 0.05) is 32.3 Å². The van der Waals surface area contributed by atoms with Crippen molar-refractivity contribution in [3.63, 3.8) is 0 Å². The summed E-state index contributed by atoms with van der Waals surface area (Å²) < 4.78 is 0. The predicted octanol–water partition coefficient (Wildman–Crippen LogP) is 7.14. The summed E-state index contributed by atoms with van der Waals surface area (Å²) >= 11 is 0. The minimum Gasteiger partial charge on any atom is -0.262 e. The van der Waals surface area contributed by atoms with Crippen molar-refractivity contribution < 1.29 is 0 Å².